The van der Waals surface area contributed by atoms with E-state index in [9.17, 15) is 4.79 Å². The van der Waals surface area contributed by atoms with E-state index in [4.69, 9.17) is 0 Å². The van der Waals surface area contributed by atoms with Crippen molar-refractivity contribution in [2.75, 3.05) is 11.1 Å². The molecule has 0 aliphatic rings. The van der Waals surface area contributed by atoms with Gasteiger partial charge in [-0.1, -0.05) is 94.4 Å². The zero-order chi connectivity index (χ0) is 20.8. The third-order valence-corrected chi connectivity index (χ3v) is 6.06. The Bertz CT molecular complexity index is 1130. The van der Waals surface area contributed by atoms with Crippen LogP contribution in [0.15, 0.2) is 94.6 Å². The zero-order valence-electron chi connectivity index (χ0n) is 16.0. The number of amides is 1. The first-order valence-electron chi connectivity index (χ1n) is 9.40. The molecule has 0 fully saturated rings. The highest BCUT2D eigenvalue weighted by atomic mass is 79.9. The number of halogens is 1. The van der Waals surface area contributed by atoms with Gasteiger partial charge in [0, 0.05) is 15.7 Å². The predicted molar refractivity (Wildman–Crippen MR) is 124 cm³/mol. The number of carbonyl (C=O) groups is 1. The molecule has 7 heteroatoms. The molecule has 0 bridgehead atoms. The van der Waals surface area contributed by atoms with Crippen molar-refractivity contribution in [3.8, 4) is 11.4 Å². The maximum atomic E-state index is 12.4. The van der Waals surface area contributed by atoms with Crippen LogP contribution >= 0.6 is 27.7 Å². The van der Waals surface area contributed by atoms with Gasteiger partial charge in [0.1, 0.15) is 0 Å². The van der Waals surface area contributed by atoms with Crippen LogP contribution in [-0.2, 0) is 11.3 Å². The van der Waals surface area contributed by atoms with E-state index in [0.29, 0.717) is 11.7 Å². The number of hydrogen-bond donors (Lipinski definition) is 1. The van der Waals surface area contributed by atoms with E-state index in [2.05, 4.69) is 48.1 Å². The van der Waals surface area contributed by atoms with Crippen molar-refractivity contribution in [1.29, 1.82) is 0 Å². The molecule has 4 aromatic rings. The van der Waals surface area contributed by atoms with E-state index >= 15 is 0 Å². The Labute approximate surface area is 187 Å². The Kier molecular flexibility index (Phi) is 6.61. The van der Waals surface area contributed by atoms with Gasteiger partial charge in [-0.05, 0) is 23.8 Å². The van der Waals surface area contributed by atoms with Crippen LogP contribution in [0.25, 0.3) is 11.4 Å². The Morgan fingerprint density at radius 2 is 1.57 bits per heavy atom. The summed E-state index contributed by atoms with van der Waals surface area (Å²) in [6.07, 6.45) is 0. The molecular weight excluding hydrogens is 460 g/mol. The normalized spacial score (nSPS) is 10.7. The second-order valence-corrected chi connectivity index (χ2v) is 8.36. The summed E-state index contributed by atoms with van der Waals surface area (Å²) in [6.45, 7) is 0.618. The number of carbonyl (C=O) groups excluding carboxylic acids is 1. The molecule has 1 N–H and O–H groups in total. The van der Waals surface area contributed by atoms with Crippen LogP contribution in [0.2, 0.25) is 0 Å². The molecule has 5 nitrogen and oxygen atoms in total. The van der Waals surface area contributed by atoms with Gasteiger partial charge in [-0.3, -0.25) is 9.36 Å². The van der Waals surface area contributed by atoms with Crippen molar-refractivity contribution in [2.45, 2.75) is 11.7 Å². The fraction of sp³-hybridized carbons (Fsp3) is 0.0870. The molecule has 0 spiro atoms. The highest BCUT2D eigenvalue weighted by molar-refractivity contribution is 9.10. The van der Waals surface area contributed by atoms with Gasteiger partial charge >= 0.3 is 0 Å². The van der Waals surface area contributed by atoms with Crippen LogP contribution in [0, 0.1) is 0 Å². The molecule has 1 aromatic heterocycles. The summed E-state index contributed by atoms with van der Waals surface area (Å²) in [5.74, 6) is 0.929. The molecule has 3 aromatic carbocycles. The SMILES string of the molecule is O=C(CSc1nnc(-c2ccccc2Br)n1Cc1ccccc1)Nc1ccccc1. The van der Waals surface area contributed by atoms with Gasteiger partial charge in [-0.15, -0.1) is 10.2 Å². The lowest BCUT2D eigenvalue weighted by atomic mass is 10.2. The van der Waals surface area contributed by atoms with Crippen molar-refractivity contribution < 1.29 is 4.79 Å². The summed E-state index contributed by atoms with van der Waals surface area (Å²) in [4.78, 5) is 12.4. The molecule has 0 saturated carbocycles. The molecule has 0 saturated heterocycles. The quantitative estimate of drug-likeness (QED) is 0.357. The zero-order valence-corrected chi connectivity index (χ0v) is 18.4. The van der Waals surface area contributed by atoms with Crippen LogP contribution in [0.1, 0.15) is 5.56 Å². The van der Waals surface area contributed by atoms with Gasteiger partial charge in [0.05, 0.1) is 12.3 Å². The monoisotopic (exact) mass is 478 g/mol. The topological polar surface area (TPSA) is 59.8 Å². The highest BCUT2D eigenvalue weighted by Gasteiger charge is 2.17. The minimum atomic E-state index is -0.0806. The number of para-hydroxylation sites is 1. The van der Waals surface area contributed by atoms with Crippen LogP contribution < -0.4 is 5.32 Å². The number of thioether (sulfide) groups is 1. The van der Waals surface area contributed by atoms with Crippen molar-refractivity contribution >= 4 is 39.3 Å². The van der Waals surface area contributed by atoms with Gasteiger partial charge in [0.15, 0.2) is 11.0 Å². The van der Waals surface area contributed by atoms with Crippen molar-refractivity contribution in [2.24, 2.45) is 0 Å². The molecule has 0 atom stereocenters. The fourth-order valence-corrected chi connectivity index (χ4v) is 4.19. The number of benzene rings is 3. The van der Waals surface area contributed by atoms with Crippen LogP contribution in [0.5, 0.6) is 0 Å². The lowest BCUT2D eigenvalue weighted by molar-refractivity contribution is -0.113. The highest BCUT2D eigenvalue weighted by Crippen LogP contribution is 2.30. The summed E-state index contributed by atoms with van der Waals surface area (Å²) < 4.78 is 3.00. The van der Waals surface area contributed by atoms with Gasteiger partial charge in [-0.2, -0.15) is 0 Å². The smallest absolute Gasteiger partial charge is 0.234 e. The van der Waals surface area contributed by atoms with E-state index in [1.54, 1.807) is 0 Å². The van der Waals surface area contributed by atoms with E-state index in [-0.39, 0.29) is 11.7 Å². The van der Waals surface area contributed by atoms with Gasteiger partial charge in [-0.25, -0.2) is 0 Å². The molecule has 150 valence electrons. The van der Waals surface area contributed by atoms with Gasteiger partial charge in [0.25, 0.3) is 0 Å². The molecule has 0 aliphatic heterocycles. The Morgan fingerprint density at radius 1 is 0.900 bits per heavy atom. The summed E-state index contributed by atoms with van der Waals surface area (Å²) in [5.41, 5.74) is 2.88. The summed E-state index contributed by atoms with van der Waals surface area (Å²) in [7, 11) is 0. The summed E-state index contributed by atoms with van der Waals surface area (Å²) in [6, 6.07) is 27.5. The van der Waals surface area contributed by atoms with E-state index in [1.807, 2.05) is 72.8 Å². The van der Waals surface area contributed by atoms with Crippen molar-refractivity contribution in [3.05, 3.63) is 95.0 Å². The molecular formula is C23H19BrN4OS. The minimum Gasteiger partial charge on any atom is -0.325 e. The molecule has 30 heavy (non-hydrogen) atoms. The predicted octanol–water partition coefficient (Wildman–Crippen LogP) is 5.49. The van der Waals surface area contributed by atoms with E-state index in [0.717, 1.165) is 27.1 Å². The summed E-state index contributed by atoms with van der Waals surface area (Å²) >= 11 is 4.99. The fourth-order valence-electron chi connectivity index (χ4n) is 2.99. The molecule has 0 aliphatic carbocycles. The van der Waals surface area contributed by atoms with E-state index in [1.165, 1.54) is 11.8 Å². The van der Waals surface area contributed by atoms with Crippen molar-refractivity contribution in [3.63, 3.8) is 0 Å². The minimum absolute atomic E-state index is 0.0806. The largest absolute Gasteiger partial charge is 0.325 e. The molecule has 1 heterocycles. The molecule has 1 amide bonds. The van der Waals surface area contributed by atoms with E-state index < -0.39 is 0 Å². The maximum absolute atomic E-state index is 12.4. The van der Waals surface area contributed by atoms with Crippen molar-refractivity contribution in [1.82, 2.24) is 14.8 Å². The van der Waals surface area contributed by atoms with Crippen LogP contribution in [-0.4, -0.2) is 26.4 Å². The second kappa shape index (κ2) is 9.73. The molecule has 4 rings (SSSR count). The van der Waals surface area contributed by atoms with Crippen LogP contribution in [0.3, 0.4) is 0 Å². The Balaban J connectivity index is 1.58. The third kappa shape index (κ3) is 4.98. The van der Waals surface area contributed by atoms with Crippen LogP contribution in [0.4, 0.5) is 5.69 Å². The molecule has 0 radical (unpaired) electrons. The average Bonchev–Trinajstić information content (AvgIpc) is 3.16. The molecule has 0 unspecified atom stereocenters. The standard InChI is InChI=1S/C23H19BrN4OS/c24-20-14-8-7-13-19(20)22-26-27-23(28(22)15-17-9-3-1-4-10-17)30-16-21(29)25-18-11-5-2-6-12-18/h1-14H,15-16H2,(H,25,29). The number of hydrogen-bond acceptors (Lipinski definition) is 4. The number of nitrogens with one attached hydrogen (secondary N) is 1. The number of rotatable bonds is 7. The number of anilines is 1. The van der Waals surface area contributed by atoms with Gasteiger partial charge in [0.2, 0.25) is 5.91 Å². The first kappa shape index (κ1) is 20.4. The Hall–Kier alpha value is -2.90. The number of aromatic nitrogens is 3. The Morgan fingerprint density at radius 3 is 2.30 bits per heavy atom. The summed E-state index contributed by atoms with van der Waals surface area (Å²) in [5, 5.41) is 12.4. The first-order valence-corrected chi connectivity index (χ1v) is 11.2. The maximum Gasteiger partial charge on any atom is 0.234 e. The number of nitrogens with zero attached hydrogens (tertiary/aromatic N) is 3. The average molecular weight is 479 g/mol. The van der Waals surface area contributed by atoms with Gasteiger partial charge < -0.3 is 5.32 Å². The first-order chi connectivity index (χ1) is 14.7. The third-order valence-electron chi connectivity index (χ3n) is 4.41. The lowest BCUT2D eigenvalue weighted by Crippen LogP contribution is -2.14. The second-order valence-electron chi connectivity index (χ2n) is 6.56. The lowest BCUT2D eigenvalue weighted by Gasteiger charge is -2.11.